The summed E-state index contributed by atoms with van der Waals surface area (Å²) in [5.74, 6) is 1.97. The molecule has 1 heterocycles. The third kappa shape index (κ3) is 5.88. The number of ether oxygens (including phenoxy) is 5. The van der Waals surface area contributed by atoms with Crippen molar-refractivity contribution in [3.8, 4) is 28.7 Å². The van der Waals surface area contributed by atoms with Crippen LogP contribution in [0, 0.1) is 6.92 Å². The third-order valence-electron chi connectivity index (χ3n) is 5.90. The molecule has 9 nitrogen and oxygen atoms in total. The molecule has 1 aliphatic heterocycles. The molecule has 2 amide bonds. The average Bonchev–Trinajstić information content (AvgIpc) is 2.92. The van der Waals surface area contributed by atoms with Crippen LogP contribution in [0.4, 0.5) is 11.4 Å². The molecule has 0 fully saturated rings. The van der Waals surface area contributed by atoms with Crippen LogP contribution in [0.15, 0.2) is 54.6 Å². The maximum absolute atomic E-state index is 13.0. The Morgan fingerprint density at radius 2 is 1.68 bits per heavy atom. The van der Waals surface area contributed by atoms with Crippen molar-refractivity contribution in [1.29, 1.82) is 0 Å². The second-order valence-corrected chi connectivity index (χ2v) is 8.40. The number of rotatable bonds is 10. The van der Waals surface area contributed by atoms with Gasteiger partial charge in [0.1, 0.15) is 11.5 Å². The molecule has 4 rings (SSSR count). The number of carbonyl (C=O) groups excluding carboxylic acids is 2. The van der Waals surface area contributed by atoms with E-state index in [1.807, 2.05) is 31.2 Å². The molecule has 0 atom stereocenters. The van der Waals surface area contributed by atoms with Crippen LogP contribution in [-0.4, -0.2) is 52.9 Å². The SMILES string of the molecule is COc1cc(C(=O)Nc2ccc3c(c2)N(CCCOc2ccc(C)cc2)C(=O)CO3)cc(OC)c1OC. The van der Waals surface area contributed by atoms with E-state index in [1.165, 1.54) is 21.3 Å². The number of hydrogen-bond donors (Lipinski definition) is 1. The fourth-order valence-electron chi connectivity index (χ4n) is 3.99. The number of hydrogen-bond acceptors (Lipinski definition) is 7. The molecular formula is C28H30N2O7. The van der Waals surface area contributed by atoms with Crippen LogP contribution in [0.5, 0.6) is 28.7 Å². The Kier molecular flexibility index (Phi) is 8.02. The molecule has 0 radical (unpaired) electrons. The summed E-state index contributed by atoms with van der Waals surface area (Å²) < 4.78 is 27.4. The van der Waals surface area contributed by atoms with E-state index in [-0.39, 0.29) is 18.4 Å². The zero-order valence-electron chi connectivity index (χ0n) is 21.3. The van der Waals surface area contributed by atoms with Gasteiger partial charge in [-0.05, 0) is 55.8 Å². The first-order chi connectivity index (χ1) is 17.9. The lowest BCUT2D eigenvalue weighted by Gasteiger charge is -2.30. The van der Waals surface area contributed by atoms with Crippen LogP contribution in [0.1, 0.15) is 22.3 Å². The lowest BCUT2D eigenvalue weighted by Crippen LogP contribution is -2.39. The third-order valence-corrected chi connectivity index (χ3v) is 5.90. The number of amides is 2. The van der Waals surface area contributed by atoms with Gasteiger partial charge in [-0.15, -0.1) is 0 Å². The smallest absolute Gasteiger partial charge is 0.265 e. The number of carbonyl (C=O) groups is 2. The minimum Gasteiger partial charge on any atom is -0.494 e. The van der Waals surface area contributed by atoms with Gasteiger partial charge in [-0.1, -0.05) is 17.7 Å². The van der Waals surface area contributed by atoms with Crippen molar-refractivity contribution in [3.63, 3.8) is 0 Å². The summed E-state index contributed by atoms with van der Waals surface area (Å²) in [4.78, 5) is 27.3. The first kappa shape index (κ1) is 25.7. The van der Waals surface area contributed by atoms with Crippen LogP contribution in [0.2, 0.25) is 0 Å². The molecule has 3 aromatic rings. The second kappa shape index (κ2) is 11.6. The van der Waals surface area contributed by atoms with E-state index in [0.29, 0.717) is 59.5 Å². The van der Waals surface area contributed by atoms with Crippen molar-refractivity contribution >= 4 is 23.2 Å². The van der Waals surface area contributed by atoms with Crippen LogP contribution < -0.4 is 33.9 Å². The van der Waals surface area contributed by atoms with E-state index >= 15 is 0 Å². The van der Waals surface area contributed by atoms with Gasteiger partial charge in [0.05, 0.1) is 33.6 Å². The van der Waals surface area contributed by atoms with Crippen molar-refractivity contribution in [2.75, 3.05) is 51.3 Å². The van der Waals surface area contributed by atoms with Gasteiger partial charge in [-0.3, -0.25) is 9.59 Å². The van der Waals surface area contributed by atoms with Crippen LogP contribution >= 0.6 is 0 Å². The molecule has 0 aromatic heterocycles. The van der Waals surface area contributed by atoms with E-state index in [9.17, 15) is 9.59 Å². The summed E-state index contributed by atoms with van der Waals surface area (Å²) >= 11 is 0. The summed E-state index contributed by atoms with van der Waals surface area (Å²) in [7, 11) is 4.47. The van der Waals surface area contributed by atoms with Crippen LogP contribution in [0.25, 0.3) is 0 Å². The largest absolute Gasteiger partial charge is 0.494 e. The highest BCUT2D eigenvalue weighted by Gasteiger charge is 2.26. The number of aryl methyl sites for hydroxylation is 1. The van der Waals surface area contributed by atoms with Crippen LogP contribution in [0.3, 0.4) is 0 Å². The molecule has 37 heavy (non-hydrogen) atoms. The van der Waals surface area contributed by atoms with Gasteiger partial charge in [0, 0.05) is 17.8 Å². The molecule has 0 bridgehead atoms. The van der Waals surface area contributed by atoms with E-state index in [1.54, 1.807) is 35.2 Å². The van der Waals surface area contributed by atoms with Crippen LogP contribution in [-0.2, 0) is 4.79 Å². The molecule has 0 saturated carbocycles. The van der Waals surface area contributed by atoms with Gasteiger partial charge in [0.25, 0.3) is 11.8 Å². The average molecular weight is 507 g/mol. The number of benzene rings is 3. The quantitative estimate of drug-likeness (QED) is 0.406. The monoisotopic (exact) mass is 506 g/mol. The van der Waals surface area contributed by atoms with Gasteiger partial charge in [0.2, 0.25) is 5.75 Å². The second-order valence-electron chi connectivity index (χ2n) is 8.40. The Hall–Kier alpha value is -4.40. The fraction of sp³-hybridized carbons (Fsp3) is 0.286. The zero-order chi connectivity index (χ0) is 26.4. The first-order valence-electron chi connectivity index (χ1n) is 11.8. The maximum Gasteiger partial charge on any atom is 0.265 e. The number of nitrogens with zero attached hydrogens (tertiary/aromatic N) is 1. The molecule has 0 aliphatic carbocycles. The predicted molar refractivity (Wildman–Crippen MR) is 140 cm³/mol. The predicted octanol–water partition coefficient (Wildman–Crippen LogP) is 4.47. The normalized spacial score (nSPS) is 12.3. The number of nitrogens with one attached hydrogen (secondary N) is 1. The van der Waals surface area contributed by atoms with E-state index in [2.05, 4.69) is 5.32 Å². The van der Waals surface area contributed by atoms with Gasteiger partial charge in [0.15, 0.2) is 18.1 Å². The first-order valence-corrected chi connectivity index (χ1v) is 11.8. The highest BCUT2D eigenvalue weighted by molar-refractivity contribution is 6.06. The Balaban J connectivity index is 1.46. The van der Waals surface area contributed by atoms with Crippen molar-refractivity contribution in [1.82, 2.24) is 0 Å². The molecule has 9 heteroatoms. The topological polar surface area (TPSA) is 95.6 Å². The standard InChI is InChI=1S/C28H30N2O7/c1-18-6-9-21(10-7-18)36-13-5-12-30-22-16-20(8-11-23(22)37-17-26(30)31)29-28(32)19-14-24(33-2)27(35-4)25(15-19)34-3/h6-11,14-16H,5,12-13,17H2,1-4H3,(H,29,32). The summed E-state index contributed by atoms with van der Waals surface area (Å²) in [6.45, 7) is 2.89. The number of fused-ring (bicyclic) bond motifs is 1. The Labute approximate surface area is 215 Å². The molecule has 1 N–H and O–H groups in total. The minimum atomic E-state index is -0.375. The molecule has 194 valence electrons. The fourth-order valence-corrected chi connectivity index (χ4v) is 3.99. The zero-order valence-corrected chi connectivity index (χ0v) is 21.3. The molecule has 3 aromatic carbocycles. The Bertz CT molecular complexity index is 1250. The van der Waals surface area contributed by atoms with Crippen molar-refractivity contribution in [3.05, 3.63) is 65.7 Å². The minimum absolute atomic E-state index is 0.0387. The van der Waals surface area contributed by atoms with Gasteiger partial charge < -0.3 is 33.9 Å². The summed E-state index contributed by atoms with van der Waals surface area (Å²) in [6.07, 6.45) is 0.626. The van der Waals surface area contributed by atoms with E-state index in [4.69, 9.17) is 23.7 Å². The van der Waals surface area contributed by atoms with Gasteiger partial charge in [-0.25, -0.2) is 0 Å². The van der Waals surface area contributed by atoms with Crippen molar-refractivity contribution in [2.45, 2.75) is 13.3 Å². The molecule has 1 aliphatic rings. The van der Waals surface area contributed by atoms with E-state index in [0.717, 1.165) is 11.3 Å². The molecule has 0 spiro atoms. The lowest BCUT2D eigenvalue weighted by molar-refractivity contribution is -0.121. The summed E-state index contributed by atoms with van der Waals surface area (Å²) in [5, 5.41) is 2.87. The number of anilines is 2. The number of methoxy groups -OCH3 is 3. The van der Waals surface area contributed by atoms with Gasteiger partial charge >= 0.3 is 0 Å². The van der Waals surface area contributed by atoms with Crippen molar-refractivity contribution in [2.24, 2.45) is 0 Å². The Morgan fingerprint density at radius 1 is 0.973 bits per heavy atom. The molecular weight excluding hydrogens is 476 g/mol. The summed E-state index contributed by atoms with van der Waals surface area (Å²) in [5.41, 5.74) is 2.59. The molecule has 0 unspecified atom stereocenters. The molecule has 0 saturated heterocycles. The maximum atomic E-state index is 13.0. The summed E-state index contributed by atoms with van der Waals surface area (Å²) in [6, 6.07) is 16.2. The van der Waals surface area contributed by atoms with Gasteiger partial charge in [-0.2, -0.15) is 0 Å². The van der Waals surface area contributed by atoms with E-state index < -0.39 is 0 Å². The highest BCUT2D eigenvalue weighted by atomic mass is 16.5. The van der Waals surface area contributed by atoms with Crippen molar-refractivity contribution < 1.29 is 33.3 Å². The highest BCUT2D eigenvalue weighted by Crippen LogP contribution is 2.39. The lowest BCUT2D eigenvalue weighted by atomic mass is 10.1. The Morgan fingerprint density at radius 3 is 2.32 bits per heavy atom.